The summed E-state index contributed by atoms with van der Waals surface area (Å²) in [5.41, 5.74) is 4.05. The summed E-state index contributed by atoms with van der Waals surface area (Å²) in [6.45, 7) is 0. The van der Waals surface area contributed by atoms with Crippen molar-refractivity contribution in [1.29, 1.82) is 0 Å². The van der Waals surface area contributed by atoms with Gasteiger partial charge in [-0.25, -0.2) is 0 Å². The van der Waals surface area contributed by atoms with E-state index in [4.69, 9.17) is 4.74 Å². The van der Waals surface area contributed by atoms with E-state index in [2.05, 4.69) is 48.0 Å². The zero-order valence-electron chi connectivity index (χ0n) is 14.8. The number of hydrogen-bond donors (Lipinski definition) is 0. The molecule has 0 atom stereocenters. The fourth-order valence-corrected chi connectivity index (χ4v) is 3.31. The first-order chi connectivity index (χ1) is 12.7. The molecule has 0 fully saturated rings. The number of methoxy groups -OCH3 is 1. The van der Waals surface area contributed by atoms with Crippen LogP contribution in [0.15, 0.2) is 72.8 Å². The van der Waals surface area contributed by atoms with Crippen molar-refractivity contribution in [2.24, 2.45) is 7.05 Å². The van der Waals surface area contributed by atoms with Gasteiger partial charge in [-0.2, -0.15) is 0 Å². The quantitative estimate of drug-likeness (QED) is 0.376. The van der Waals surface area contributed by atoms with E-state index in [1.165, 1.54) is 21.8 Å². The van der Waals surface area contributed by atoms with Crippen LogP contribution >= 0.6 is 0 Å². The van der Waals surface area contributed by atoms with Crippen LogP contribution in [0.25, 0.3) is 27.9 Å². The molecule has 0 aliphatic carbocycles. The van der Waals surface area contributed by atoms with Gasteiger partial charge in [0.15, 0.2) is 5.78 Å². The summed E-state index contributed by atoms with van der Waals surface area (Å²) >= 11 is 0. The van der Waals surface area contributed by atoms with Crippen LogP contribution in [0.4, 0.5) is 0 Å². The third-order valence-electron chi connectivity index (χ3n) is 4.74. The van der Waals surface area contributed by atoms with Crippen LogP contribution in [0.5, 0.6) is 5.75 Å². The van der Waals surface area contributed by atoms with Gasteiger partial charge in [0.25, 0.3) is 0 Å². The minimum Gasteiger partial charge on any atom is -0.497 e. The first-order valence-electron chi connectivity index (χ1n) is 8.51. The summed E-state index contributed by atoms with van der Waals surface area (Å²) in [5, 5.41) is 2.42. The summed E-state index contributed by atoms with van der Waals surface area (Å²) in [4.78, 5) is 12.4. The van der Waals surface area contributed by atoms with E-state index in [0.717, 1.165) is 11.3 Å². The molecule has 1 aromatic heterocycles. The number of benzene rings is 3. The Labute approximate surface area is 152 Å². The third-order valence-corrected chi connectivity index (χ3v) is 4.74. The first kappa shape index (κ1) is 16.2. The Morgan fingerprint density at radius 1 is 0.923 bits per heavy atom. The number of carbonyl (C=O) groups is 1. The Morgan fingerprint density at radius 3 is 2.42 bits per heavy atom. The van der Waals surface area contributed by atoms with Crippen molar-refractivity contribution < 1.29 is 9.53 Å². The standard InChI is InChI=1S/C23H19NO2/c1-24-21-6-4-3-5-19(21)20-15-16(7-13-22(20)24)8-14-23(25)17-9-11-18(26-2)12-10-17/h3-15H,1-2H3. The topological polar surface area (TPSA) is 31.2 Å². The number of nitrogens with zero attached hydrogens (tertiary/aromatic N) is 1. The lowest BCUT2D eigenvalue weighted by Crippen LogP contribution is -1.94. The molecule has 3 heteroatoms. The monoisotopic (exact) mass is 341 g/mol. The lowest BCUT2D eigenvalue weighted by atomic mass is 10.1. The summed E-state index contributed by atoms with van der Waals surface area (Å²) in [6.07, 6.45) is 3.49. The molecule has 128 valence electrons. The number of carbonyl (C=O) groups excluding carboxylic acids is 1. The average molecular weight is 341 g/mol. The second-order valence-electron chi connectivity index (χ2n) is 6.28. The van der Waals surface area contributed by atoms with Crippen molar-refractivity contribution in [2.45, 2.75) is 0 Å². The Bertz CT molecular complexity index is 1130. The minimum atomic E-state index is -0.0225. The van der Waals surface area contributed by atoms with Crippen LogP contribution in [0.1, 0.15) is 15.9 Å². The molecule has 26 heavy (non-hydrogen) atoms. The van der Waals surface area contributed by atoms with E-state index in [9.17, 15) is 4.79 Å². The number of rotatable bonds is 4. The summed E-state index contributed by atoms with van der Waals surface area (Å²) in [6, 6.07) is 21.8. The van der Waals surface area contributed by atoms with Crippen molar-refractivity contribution in [2.75, 3.05) is 7.11 Å². The van der Waals surface area contributed by atoms with Crippen LogP contribution in [0, 0.1) is 0 Å². The highest BCUT2D eigenvalue weighted by Gasteiger charge is 2.07. The highest BCUT2D eigenvalue weighted by Crippen LogP contribution is 2.29. The van der Waals surface area contributed by atoms with E-state index in [1.807, 2.05) is 12.1 Å². The third kappa shape index (κ3) is 2.78. The summed E-state index contributed by atoms with van der Waals surface area (Å²) in [7, 11) is 3.69. The molecule has 0 saturated heterocycles. The number of hydrogen-bond acceptors (Lipinski definition) is 2. The maximum absolute atomic E-state index is 12.4. The molecule has 0 amide bonds. The van der Waals surface area contributed by atoms with Crippen LogP contribution < -0.4 is 4.74 Å². The van der Waals surface area contributed by atoms with Gasteiger partial charge in [0, 0.05) is 34.4 Å². The highest BCUT2D eigenvalue weighted by molar-refractivity contribution is 6.09. The molecule has 3 aromatic carbocycles. The molecule has 0 spiro atoms. The molecule has 0 bridgehead atoms. The minimum absolute atomic E-state index is 0.0225. The molecule has 0 unspecified atom stereocenters. The predicted octanol–water partition coefficient (Wildman–Crippen LogP) is 5.24. The molecule has 0 saturated carbocycles. The van der Waals surface area contributed by atoms with Crippen LogP contribution in [0.2, 0.25) is 0 Å². The molecule has 3 nitrogen and oxygen atoms in total. The lowest BCUT2D eigenvalue weighted by Gasteiger charge is -2.00. The molecule has 4 rings (SSSR count). The van der Waals surface area contributed by atoms with Crippen LogP contribution in [0.3, 0.4) is 0 Å². The van der Waals surface area contributed by atoms with E-state index < -0.39 is 0 Å². The first-order valence-corrected chi connectivity index (χ1v) is 8.51. The Kier molecular flexibility index (Phi) is 4.05. The molecular weight excluding hydrogens is 322 g/mol. The number of fused-ring (bicyclic) bond motifs is 3. The fourth-order valence-electron chi connectivity index (χ4n) is 3.31. The molecule has 1 heterocycles. The zero-order valence-corrected chi connectivity index (χ0v) is 14.8. The van der Waals surface area contributed by atoms with Gasteiger partial charge in [0.05, 0.1) is 7.11 Å². The summed E-state index contributed by atoms with van der Waals surface area (Å²) in [5.74, 6) is 0.720. The van der Waals surface area contributed by atoms with Crippen molar-refractivity contribution >= 4 is 33.7 Å². The number of ether oxygens (including phenoxy) is 1. The van der Waals surface area contributed by atoms with Gasteiger partial charge in [0.2, 0.25) is 0 Å². The van der Waals surface area contributed by atoms with Crippen LogP contribution in [-0.2, 0) is 7.05 Å². The van der Waals surface area contributed by atoms with Gasteiger partial charge >= 0.3 is 0 Å². The molecule has 0 aliphatic heterocycles. The van der Waals surface area contributed by atoms with Gasteiger partial charge in [-0.05, 0) is 54.1 Å². The fraction of sp³-hybridized carbons (Fsp3) is 0.0870. The number of aryl methyl sites for hydroxylation is 1. The van der Waals surface area contributed by atoms with Gasteiger partial charge in [0.1, 0.15) is 5.75 Å². The Hall–Kier alpha value is -3.33. The molecule has 0 N–H and O–H groups in total. The van der Waals surface area contributed by atoms with E-state index in [1.54, 1.807) is 37.5 Å². The van der Waals surface area contributed by atoms with E-state index in [-0.39, 0.29) is 5.78 Å². The smallest absolute Gasteiger partial charge is 0.185 e. The Morgan fingerprint density at radius 2 is 1.65 bits per heavy atom. The maximum atomic E-state index is 12.4. The summed E-state index contributed by atoms with van der Waals surface area (Å²) < 4.78 is 7.32. The van der Waals surface area contributed by atoms with Crippen molar-refractivity contribution in [3.63, 3.8) is 0 Å². The van der Waals surface area contributed by atoms with Gasteiger partial charge in [-0.3, -0.25) is 4.79 Å². The lowest BCUT2D eigenvalue weighted by molar-refractivity contribution is 0.104. The van der Waals surface area contributed by atoms with Gasteiger partial charge in [-0.15, -0.1) is 0 Å². The Balaban J connectivity index is 1.67. The van der Waals surface area contributed by atoms with Crippen molar-refractivity contribution in [1.82, 2.24) is 4.57 Å². The number of allylic oxidation sites excluding steroid dienone is 1. The van der Waals surface area contributed by atoms with E-state index >= 15 is 0 Å². The average Bonchev–Trinajstić information content (AvgIpc) is 2.98. The molecule has 4 aromatic rings. The largest absolute Gasteiger partial charge is 0.497 e. The van der Waals surface area contributed by atoms with Crippen molar-refractivity contribution in [3.05, 3.63) is 83.9 Å². The predicted molar refractivity (Wildman–Crippen MR) is 107 cm³/mol. The van der Waals surface area contributed by atoms with Crippen molar-refractivity contribution in [3.8, 4) is 5.75 Å². The zero-order chi connectivity index (χ0) is 18.1. The normalized spacial score (nSPS) is 11.5. The maximum Gasteiger partial charge on any atom is 0.185 e. The number of aromatic nitrogens is 1. The molecule has 0 radical (unpaired) electrons. The highest BCUT2D eigenvalue weighted by atomic mass is 16.5. The molecule has 0 aliphatic rings. The van der Waals surface area contributed by atoms with Gasteiger partial charge < -0.3 is 9.30 Å². The number of ketones is 1. The number of para-hydroxylation sites is 1. The molecular formula is C23H19NO2. The van der Waals surface area contributed by atoms with Gasteiger partial charge in [-0.1, -0.05) is 30.3 Å². The van der Waals surface area contributed by atoms with E-state index in [0.29, 0.717) is 5.56 Å². The van der Waals surface area contributed by atoms with Crippen LogP contribution in [-0.4, -0.2) is 17.5 Å². The SMILES string of the molecule is COc1ccc(C(=O)C=Cc2ccc3c(c2)c2ccccc2n3C)cc1. The second kappa shape index (κ2) is 6.52. The second-order valence-corrected chi connectivity index (χ2v) is 6.28.